The van der Waals surface area contributed by atoms with Crippen LogP contribution in [0.25, 0.3) is 10.9 Å². The van der Waals surface area contributed by atoms with Crippen molar-refractivity contribution < 1.29 is 0 Å². The fourth-order valence-electron chi connectivity index (χ4n) is 2.85. The number of nitrogens with zero attached hydrogens (tertiary/aromatic N) is 5. The Kier molecular flexibility index (Phi) is 7.47. The second-order valence-corrected chi connectivity index (χ2v) is 6.66. The summed E-state index contributed by atoms with van der Waals surface area (Å²) >= 11 is 6.13. The van der Waals surface area contributed by atoms with E-state index in [0.29, 0.717) is 28.9 Å². The molecule has 1 aromatic carbocycles. The van der Waals surface area contributed by atoms with Crippen LogP contribution in [-0.2, 0) is 6.42 Å². The average Bonchev–Trinajstić information content (AvgIpc) is 2.68. The molecule has 0 aliphatic rings. The van der Waals surface area contributed by atoms with Crippen LogP contribution < -0.4 is 22.8 Å². The molecule has 0 saturated carbocycles. The highest BCUT2D eigenvalue weighted by molar-refractivity contribution is 6.35. The van der Waals surface area contributed by atoms with Crippen LogP contribution in [-0.4, -0.2) is 26.1 Å². The number of rotatable bonds is 4. The lowest BCUT2D eigenvalue weighted by Crippen LogP contribution is -2.29. The Hall–Kier alpha value is -3.22. The number of nitriles is 1. The van der Waals surface area contributed by atoms with Gasteiger partial charge in [0.25, 0.3) is 5.56 Å². The van der Waals surface area contributed by atoms with Gasteiger partial charge in [-0.3, -0.25) is 9.36 Å². The zero-order valence-electron chi connectivity index (χ0n) is 16.3. The Morgan fingerprint density at radius 2 is 1.93 bits per heavy atom. The predicted octanol–water partition coefficient (Wildman–Crippen LogP) is 2.03. The number of hydrogen-bond donors (Lipinski definition) is 3. The van der Waals surface area contributed by atoms with Crippen molar-refractivity contribution in [3.05, 3.63) is 51.3 Å². The second-order valence-electron chi connectivity index (χ2n) is 6.25. The number of halogens is 1. The van der Waals surface area contributed by atoms with E-state index >= 15 is 0 Å². The van der Waals surface area contributed by atoms with Gasteiger partial charge in [0, 0.05) is 12.5 Å². The molecule has 152 valence electrons. The number of nitrogen functional groups attached to an aromatic ring is 2. The molecule has 0 spiro atoms. The standard InChI is InChI=1S/C14H18ClN3O.C5H5N5/c1-3-12-17-11-6-4-5-10(15)13(11)14(19)18(12)9(2)7-8-16;6-1-3-4(7)9-2-10-5(3)8/h4-6,9H,3,7-8,16H2,1-2H3;2H,(H4,7,8,9,10). The normalized spacial score (nSPS) is 11.4. The maximum Gasteiger partial charge on any atom is 0.263 e. The number of nitrogens with two attached hydrogens (primary N) is 3. The van der Waals surface area contributed by atoms with E-state index in [1.165, 1.54) is 6.33 Å². The Labute approximate surface area is 173 Å². The first-order valence-electron chi connectivity index (χ1n) is 9.01. The summed E-state index contributed by atoms with van der Waals surface area (Å²) in [5, 5.41) is 9.35. The van der Waals surface area contributed by atoms with Crippen LogP contribution >= 0.6 is 11.6 Å². The van der Waals surface area contributed by atoms with Crippen molar-refractivity contribution in [3.8, 4) is 6.07 Å². The summed E-state index contributed by atoms with van der Waals surface area (Å²) in [5.74, 6) is 1.02. The molecule has 1 unspecified atom stereocenters. The first-order valence-corrected chi connectivity index (χ1v) is 9.39. The third kappa shape index (κ3) is 4.80. The molecule has 0 bridgehead atoms. The van der Waals surface area contributed by atoms with Crippen molar-refractivity contribution >= 4 is 34.1 Å². The van der Waals surface area contributed by atoms with Crippen molar-refractivity contribution in [3.63, 3.8) is 0 Å². The monoisotopic (exact) mass is 414 g/mol. The highest BCUT2D eigenvalue weighted by atomic mass is 35.5. The summed E-state index contributed by atoms with van der Waals surface area (Å²) in [5.41, 5.74) is 16.9. The molecule has 1 atom stereocenters. The molecule has 0 radical (unpaired) electrons. The molecule has 9 nitrogen and oxygen atoms in total. The number of aromatic nitrogens is 4. The molecule has 0 saturated heterocycles. The number of benzene rings is 1. The maximum atomic E-state index is 12.6. The molecule has 29 heavy (non-hydrogen) atoms. The molecule has 6 N–H and O–H groups in total. The molecule has 3 aromatic rings. The largest absolute Gasteiger partial charge is 0.382 e. The summed E-state index contributed by atoms with van der Waals surface area (Å²) in [6.07, 6.45) is 2.66. The van der Waals surface area contributed by atoms with E-state index in [1.807, 2.05) is 26.0 Å². The molecule has 0 aliphatic heterocycles. The van der Waals surface area contributed by atoms with E-state index in [-0.39, 0.29) is 28.8 Å². The van der Waals surface area contributed by atoms with E-state index in [2.05, 4.69) is 15.0 Å². The fourth-order valence-corrected chi connectivity index (χ4v) is 3.10. The zero-order valence-corrected chi connectivity index (χ0v) is 17.0. The smallest absolute Gasteiger partial charge is 0.263 e. The van der Waals surface area contributed by atoms with Gasteiger partial charge in [0.1, 0.15) is 35.4 Å². The summed E-state index contributed by atoms with van der Waals surface area (Å²) in [6, 6.07) is 7.16. The highest BCUT2D eigenvalue weighted by Crippen LogP contribution is 2.21. The quantitative estimate of drug-likeness (QED) is 0.583. The number of hydrogen-bond acceptors (Lipinski definition) is 8. The second kappa shape index (κ2) is 9.82. The molecule has 0 aliphatic carbocycles. The summed E-state index contributed by atoms with van der Waals surface area (Å²) in [7, 11) is 0. The van der Waals surface area contributed by atoms with Gasteiger partial charge in [-0.25, -0.2) is 15.0 Å². The highest BCUT2D eigenvalue weighted by Gasteiger charge is 2.16. The third-order valence-corrected chi connectivity index (χ3v) is 4.63. The average molecular weight is 415 g/mol. The van der Waals surface area contributed by atoms with Crippen LogP contribution in [0.1, 0.15) is 37.7 Å². The minimum Gasteiger partial charge on any atom is -0.382 e. The first-order chi connectivity index (χ1) is 13.8. The number of fused-ring (bicyclic) bond motifs is 1. The minimum atomic E-state index is -0.0756. The third-order valence-electron chi connectivity index (χ3n) is 4.31. The van der Waals surface area contributed by atoms with Gasteiger partial charge >= 0.3 is 0 Å². The van der Waals surface area contributed by atoms with Crippen LogP contribution in [0.5, 0.6) is 0 Å². The maximum absolute atomic E-state index is 12.6. The lowest BCUT2D eigenvalue weighted by atomic mass is 10.2. The van der Waals surface area contributed by atoms with E-state index in [0.717, 1.165) is 12.2 Å². The topological polar surface area (TPSA) is 163 Å². The molecule has 2 heterocycles. The van der Waals surface area contributed by atoms with E-state index in [4.69, 9.17) is 34.1 Å². The van der Waals surface area contributed by atoms with Crippen molar-refractivity contribution in [2.75, 3.05) is 18.0 Å². The van der Waals surface area contributed by atoms with E-state index < -0.39 is 0 Å². The number of aryl methyl sites for hydroxylation is 1. The Balaban J connectivity index is 0.000000253. The van der Waals surface area contributed by atoms with Crippen LogP contribution in [0.3, 0.4) is 0 Å². The van der Waals surface area contributed by atoms with Crippen LogP contribution in [0.2, 0.25) is 5.02 Å². The molecular formula is C19H23ClN8O. The predicted molar refractivity (Wildman–Crippen MR) is 114 cm³/mol. The molecule has 10 heteroatoms. The SMILES string of the molecule is CCc1nc2cccc(Cl)c2c(=O)n1C(C)CCN.N#Cc1c(N)ncnc1N. The van der Waals surface area contributed by atoms with Gasteiger partial charge in [-0.2, -0.15) is 5.26 Å². The number of anilines is 2. The lowest BCUT2D eigenvalue weighted by molar-refractivity contribution is 0.476. The van der Waals surface area contributed by atoms with E-state index in [9.17, 15) is 4.79 Å². The Bertz CT molecular complexity index is 1090. The molecule has 0 amide bonds. The van der Waals surface area contributed by atoms with Gasteiger partial charge in [0.15, 0.2) is 0 Å². The van der Waals surface area contributed by atoms with Gasteiger partial charge in [0.2, 0.25) is 0 Å². The lowest BCUT2D eigenvalue weighted by Gasteiger charge is -2.19. The summed E-state index contributed by atoms with van der Waals surface area (Å²) in [6.45, 7) is 4.51. The van der Waals surface area contributed by atoms with Gasteiger partial charge in [-0.05, 0) is 32.0 Å². The van der Waals surface area contributed by atoms with Gasteiger partial charge in [-0.1, -0.05) is 24.6 Å². The van der Waals surface area contributed by atoms with Crippen molar-refractivity contribution in [1.82, 2.24) is 19.5 Å². The van der Waals surface area contributed by atoms with Gasteiger partial charge in [0.05, 0.1) is 15.9 Å². The summed E-state index contributed by atoms with van der Waals surface area (Å²) < 4.78 is 1.72. The zero-order chi connectivity index (χ0) is 21.6. The van der Waals surface area contributed by atoms with Gasteiger partial charge in [-0.15, -0.1) is 0 Å². The Morgan fingerprint density at radius 1 is 1.28 bits per heavy atom. The van der Waals surface area contributed by atoms with Crippen molar-refractivity contribution in [2.45, 2.75) is 32.7 Å². The first kappa shape index (κ1) is 22.1. The van der Waals surface area contributed by atoms with Crippen LogP contribution in [0, 0.1) is 11.3 Å². The molecule has 3 rings (SSSR count). The fraction of sp³-hybridized carbons (Fsp3) is 0.316. The Morgan fingerprint density at radius 3 is 2.45 bits per heavy atom. The van der Waals surface area contributed by atoms with Crippen LogP contribution in [0.4, 0.5) is 11.6 Å². The van der Waals surface area contributed by atoms with Crippen LogP contribution in [0.15, 0.2) is 29.3 Å². The minimum absolute atomic E-state index is 0.0284. The van der Waals surface area contributed by atoms with Crippen molar-refractivity contribution in [2.24, 2.45) is 5.73 Å². The molecular weight excluding hydrogens is 392 g/mol. The molecule has 2 aromatic heterocycles. The summed E-state index contributed by atoms with van der Waals surface area (Å²) in [4.78, 5) is 24.3. The van der Waals surface area contributed by atoms with E-state index in [1.54, 1.807) is 16.7 Å². The van der Waals surface area contributed by atoms with Gasteiger partial charge < -0.3 is 17.2 Å². The van der Waals surface area contributed by atoms with Crippen molar-refractivity contribution in [1.29, 1.82) is 5.26 Å². The molecule has 0 fully saturated rings.